The molecule has 5 heteroatoms. The average Bonchev–Trinajstić information content (AvgIpc) is 2.78. The Bertz CT molecular complexity index is 479. The number of hydrogen-bond donors (Lipinski definition) is 1. The molecule has 1 saturated carbocycles. The molecule has 1 N–H and O–H groups in total. The Labute approximate surface area is 199 Å². The fourth-order valence-electron chi connectivity index (χ4n) is 5.23. The summed E-state index contributed by atoms with van der Waals surface area (Å²) in [7, 11) is 0. The molecular weight excluding hydrogens is 398 g/mol. The maximum absolute atomic E-state index is 12.3. The monoisotopic (exact) mass is 451 g/mol. The second kappa shape index (κ2) is 16.1. The highest BCUT2D eigenvalue weighted by Gasteiger charge is 2.32. The largest absolute Gasteiger partial charge is 0.377 e. The van der Waals surface area contributed by atoms with Crippen LogP contribution in [0.4, 0.5) is 0 Å². The molecule has 2 rings (SSSR count). The van der Waals surface area contributed by atoms with Gasteiger partial charge in [-0.2, -0.15) is 0 Å². The summed E-state index contributed by atoms with van der Waals surface area (Å²) in [5.74, 6) is 1.33. The van der Waals surface area contributed by atoms with E-state index in [1.54, 1.807) is 0 Å². The predicted molar refractivity (Wildman–Crippen MR) is 135 cm³/mol. The van der Waals surface area contributed by atoms with Gasteiger partial charge in [-0.1, -0.05) is 59.8 Å². The molecule has 1 unspecified atom stereocenters. The van der Waals surface area contributed by atoms with E-state index in [-0.39, 0.29) is 11.8 Å². The zero-order valence-electron chi connectivity index (χ0n) is 21.7. The van der Waals surface area contributed by atoms with Crippen LogP contribution in [0.25, 0.3) is 0 Å². The minimum absolute atomic E-state index is 0.187. The second-order valence-corrected chi connectivity index (χ2v) is 10.4. The SMILES string of the molecule is CCCCC(CCCC)CN1CCN(CCO[C@H]2C[C@H](NC(=O)C(CC)CCC)C2)CC1. The molecule has 1 aliphatic heterocycles. The lowest BCUT2D eigenvalue weighted by molar-refractivity contribution is -0.128. The lowest BCUT2D eigenvalue weighted by Gasteiger charge is -2.38. The van der Waals surface area contributed by atoms with Crippen LogP contribution < -0.4 is 5.32 Å². The van der Waals surface area contributed by atoms with Crippen molar-refractivity contribution in [3.63, 3.8) is 0 Å². The second-order valence-electron chi connectivity index (χ2n) is 10.4. The first-order valence-corrected chi connectivity index (χ1v) is 14.0. The Balaban J connectivity index is 1.53. The zero-order chi connectivity index (χ0) is 23.2. The van der Waals surface area contributed by atoms with Crippen LogP contribution in [-0.4, -0.2) is 73.7 Å². The Kier molecular flexibility index (Phi) is 13.8. The molecule has 32 heavy (non-hydrogen) atoms. The lowest BCUT2D eigenvalue weighted by atomic mass is 9.88. The van der Waals surface area contributed by atoms with Gasteiger partial charge < -0.3 is 15.0 Å². The number of rotatable bonds is 17. The van der Waals surface area contributed by atoms with Crippen LogP contribution in [0, 0.1) is 11.8 Å². The summed E-state index contributed by atoms with van der Waals surface area (Å²) in [5.41, 5.74) is 0. The minimum Gasteiger partial charge on any atom is -0.377 e. The third-order valence-electron chi connectivity index (χ3n) is 7.62. The van der Waals surface area contributed by atoms with E-state index in [1.165, 1.54) is 71.2 Å². The summed E-state index contributed by atoms with van der Waals surface area (Å²) in [6.45, 7) is 16.8. The lowest BCUT2D eigenvalue weighted by Crippen LogP contribution is -2.51. The number of carbonyl (C=O) groups excluding carboxylic acids is 1. The molecule has 1 heterocycles. The molecule has 2 fully saturated rings. The van der Waals surface area contributed by atoms with E-state index in [2.05, 4.69) is 42.8 Å². The first kappa shape index (κ1) is 27.6. The van der Waals surface area contributed by atoms with Gasteiger partial charge in [0.25, 0.3) is 0 Å². The first-order valence-electron chi connectivity index (χ1n) is 14.0. The summed E-state index contributed by atoms with van der Waals surface area (Å²) < 4.78 is 6.10. The zero-order valence-corrected chi connectivity index (χ0v) is 21.7. The Hall–Kier alpha value is -0.650. The molecule has 1 atom stereocenters. The van der Waals surface area contributed by atoms with Crippen LogP contribution in [-0.2, 0) is 9.53 Å². The number of amides is 1. The molecular formula is C27H53N3O2. The van der Waals surface area contributed by atoms with Crippen LogP contribution in [0.1, 0.15) is 98.3 Å². The van der Waals surface area contributed by atoms with E-state index in [0.29, 0.717) is 12.1 Å². The van der Waals surface area contributed by atoms with Crippen LogP contribution in [0.3, 0.4) is 0 Å². The van der Waals surface area contributed by atoms with E-state index in [0.717, 1.165) is 51.2 Å². The summed E-state index contributed by atoms with van der Waals surface area (Å²) in [4.78, 5) is 17.6. The highest BCUT2D eigenvalue weighted by molar-refractivity contribution is 5.79. The standard InChI is InChI=1S/C27H53N3O2/c1-5-9-12-23(13-10-6-2)22-30-16-14-29(15-17-30)18-19-32-26-20-25(21-26)28-27(31)24(8-4)11-7-3/h23-26H,5-22H2,1-4H3,(H,28,31)/t24?,25-,26-. The molecule has 1 amide bonds. The van der Waals surface area contributed by atoms with Crippen molar-refractivity contribution >= 4 is 5.91 Å². The smallest absolute Gasteiger partial charge is 0.223 e. The van der Waals surface area contributed by atoms with Gasteiger partial charge in [0.15, 0.2) is 0 Å². The highest BCUT2D eigenvalue weighted by Crippen LogP contribution is 2.24. The number of unbranched alkanes of at least 4 members (excludes halogenated alkanes) is 2. The number of ether oxygens (including phenoxy) is 1. The molecule has 0 aromatic carbocycles. The number of piperazine rings is 1. The van der Waals surface area contributed by atoms with Gasteiger partial charge >= 0.3 is 0 Å². The van der Waals surface area contributed by atoms with E-state index in [9.17, 15) is 4.79 Å². The normalized spacial score (nSPS) is 23.3. The fraction of sp³-hybridized carbons (Fsp3) is 0.963. The van der Waals surface area contributed by atoms with Crippen molar-refractivity contribution in [2.24, 2.45) is 11.8 Å². The Morgan fingerprint density at radius 3 is 2.09 bits per heavy atom. The fourth-order valence-corrected chi connectivity index (χ4v) is 5.23. The number of nitrogens with zero attached hydrogens (tertiary/aromatic N) is 2. The van der Waals surface area contributed by atoms with Crippen LogP contribution in [0.15, 0.2) is 0 Å². The Morgan fingerprint density at radius 2 is 1.53 bits per heavy atom. The van der Waals surface area contributed by atoms with E-state index in [4.69, 9.17) is 4.74 Å². The van der Waals surface area contributed by atoms with Crippen LogP contribution >= 0.6 is 0 Å². The van der Waals surface area contributed by atoms with Gasteiger partial charge in [0.1, 0.15) is 0 Å². The van der Waals surface area contributed by atoms with Crippen molar-refractivity contribution < 1.29 is 9.53 Å². The third-order valence-corrected chi connectivity index (χ3v) is 7.62. The van der Waals surface area contributed by atoms with Gasteiger partial charge in [-0.3, -0.25) is 9.69 Å². The van der Waals surface area contributed by atoms with Crippen molar-refractivity contribution in [1.82, 2.24) is 15.1 Å². The van der Waals surface area contributed by atoms with Crippen LogP contribution in [0.2, 0.25) is 0 Å². The van der Waals surface area contributed by atoms with E-state index < -0.39 is 0 Å². The molecule has 2 aliphatic rings. The third kappa shape index (κ3) is 10.1. The van der Waals surface area contributed by atoms with Crippen molar-refractivity contribution in [1.29, 1.82) is 0 Å². The molecule has 0 aromatic heterocycles. The number of hydrogen-bond acceptors (Lipinski definition) is 4. The molecule has 1 aliphatic carbocycles. The van der Waals surface area contributed by atoms with Crippen LogP contribution in [0.5, 0.6) is 0 Å². The van der Waals surface area contributed by atoms with E-state index in [1.807, 2.05) is 0 Å². The number of carbonyl (C=O) groups is 1. The van der Waals surface area contributed by atoms with Crippen molar-refractivity contribution in [3.05, 3.63) is 0 Å². The quantitative estimate of drug-likeness (QED) is 0.334. The molecule has 0 spiro atoms. The highest BCUT2D eigenvalue weighted by atomic mass is 16.5. The van der Waals surface area contributed by atoms with Gasteiger partial charge in [0, 0.05) is 51.2 Å². The molecule has 1 saturated heterocycles. The summed E-state index contributed by atoms with van der Waals surface area (Å²) in [6, 6.07) is 0.329. The Morgan fingerprint density at radius 1 is 0.906 bits per heavy atom. The topological polar surface area (TPSA) is 44.8 Å². The molecule has 0 bridgehead atoms. The van der Waals surface area contributed by atoms with Gasteiger partial charge in [-0.05, 0) is 44.4 Å². The maximum Gasteiger partial charge on any atom is 0.223 e. The van der Waals surface area contributed by atoms with Crippen molar-refractivity contribution in [3.8, 4) is 0 Å². The molecule has 188 valence electrons. The maximum atomic E-state index is 12.3. The predicted octanol–water partition coefficient (Wildman–Crippen LogP) is 5.09. The van der Waals surface area contributed by atoms with Gasteiger partial charge in [-0.25, -0.2) is 0 Å². The summed E-state index contributed by atoms with van der Waals surface area (Å²) in [6.07, 6.45) is 13.6. The van der Waals surface area contributed by atoms with Gasteiger partial charge in [0.2, 0.25) is 5.91 Å². The minimum atomic E-state index is 0.187. The first-order chi connectivity index (χ1) is 15.6. The summed E-state index contributed by atoms with van der Waals surface area (Å²) in [5, 5.41) is 3.23. The van der Waals surface area contributed by atoms with Gasteiger partial charge in [-0.15, -0.1) is 0 Å². The molecule has 0 radical (unpaired) electrons. The van der Waals surface area contributed by atoms with Gasteiger partial charge in [0.05, 0.1) is 12.7 Å². The van der Waals surface area contributed by atoms with Crippen molar-refractivity contribution in [2.75, 3.05) is 45.9 Å². The number of nitrogens with one attached hydrogen (secondary N) is 1. The van der Waals surface area contributed by atoms with E-state index >= 15 is 0 Å². The average molecular weight is 452 g/mol. The summed E-state index contributed by atoms with van der Waals surface area (Å²) >= 11 is 0. The molecule has 0 aromatic rings. The van der Waals surface area contributed by atoms with Crippen molar-refractivity contribution in [2.45, 2.75) is 110 Å². The molecule has 5 nitrogen and oxygen atoms in total.